The van der Waals surface area contributed by atoms with E-state index in [1.54, 1.807) is 0 Å². The van der Waals surface area contributed by atoms with Crippen molar-refractivity contribution in [1.29, 1.82) is 0 Å². The number of carboxylic acids is 1. The SMILES string of the molecule is O=C([O-])CCCNS(=O)(=O)c1ccc(F)cc1. The molecule has 0 spiro atoms. The normalized spacial score (nSPS) is 11.4. The van der Waals surface area contributed by atoms with Gasteiger partial charge in [-0.1, -0.05) is 0 Å². The Labute approximate surface area is 98.3 Å². The zero-order valence-electron chi connectivity index (χ0n) is 8.85. The summed E-state index contributed by atoms with van der Waals surface area (Å²) in [6, 6.07) is 4.35. The van der Waals surface area contributed by atoms with E-state index in [9.17, 15) is 22.7 Å². The van der Waals surface area contributed by atoms with Crippen molar-refractivity contribution in [1.82, 2.24) is 4.72 Å². The van der Waals surface area contributed by atoms with E-state index in [0.29, 0.717) is 0 Å². The fourth-order valence-electron chi connectivity index (χ4n) is 1.14. The lowest BCUT2D eigenvalue weighted by Gasteiger charge is -2.06. The topological polar surface area (TPSA) is 86.3 Å². The summed E-state index contributed by atoms with van der Waals surface area (Å²) in [5.74, 6) is -1.76. The number of hydrogen-bond donors (Lipinski definition) is 1. The van der Waals surface area contributed by atoms with Gasteiger partial charge in [-0.3, -0.25) is 0 Å². The number of halogens is 1. The molecule has 1 aromatic carbocycles. The Bertz CT molecular complexity index is 484. The third-order valence-corrected chi connectivity index (χ3v) is 3.45. The molecule has 0 saturated carbocycles. The summed E-state index contributed by atoms with van der Waals surface area (Å²) in [5, 5.41) is 10.1. The van der Waals surface area contributed by atoms with Gasteiger partial charge in [0.05, 0.1) is 4.90 Å². The zero-order valence-corrected chi connectivity index (χ0v) is 9.67. The maximum absolute atomic E-state index is 12.6. The van der Waals surface area contributed by atoms with E-state index in [1.165, 1.54) is 0 Å². The molecule has 17 heavy (non-hydrogen) atoms. The maximum atomic E-state index is 12.6. The van der Waals surface area contributed by atoms with Crippen molar-refractivity contribution >= 4 is 16.0 Å². The Morgan fingerprint density at radius 3 is 2.41 bits per heavy atom. The zero-order chi connectivity index (χ0) is 12.9. The Kier molecular flexibility index (Phi) is 4.59. The Morgan fingerprint density at radius 1 is 1.29 bits per heavy atom. The molecule has 0 aromatic heterocycles. The van der Waals surface area contributed by atoms with Crippen molar-refractivity contribution in [2.45, 2.75) is 17.7 Å². The van der Waals surface area contributed by atoms with Gasteiger partial charge in [0.15, 0.2) is 0 Å². The summed E-state index contributed by atoms with van der Waals surface area (Å²) < 4.78 is 38.0. The quantitative estimate of drug-likeness (QED) is 0.707. The minimum Gasteiger partial charge on any atom is -0.550 e. The molecule has 0 atom stereocenters. The summed E-state index contributed by atoms with van der Waals surface area (Å²) in [5.41, 5.74) is 0. The van der Waals surface area contributed by atoms with Crippen LogP contribution in [-0.2, 0) is 14.8 Å². The summed E-state index contributed by atoms with van der Waals surface area (Å²) in [4.78, 5) is 10.0. The predicted molar refractivity (Wildman–Crippen MR) is 55.8 cm³/mol. The molecule has 1 N–H and O–H groups in total. The molecule has 0 heterocycles. The molecule has 5 nitrogen and oxygen atoms in total. The Hall–Kier alpha value is -1.47. The van der Waals surface area contributed by atoms with E-state index in [2.05, 4.69) is 4.72 Å². The fraction of sp³-hybridized carbons (Fsp3) is 0.300. The van der Waals surface area contributed by atoms with Crippen LogP contribution in [0.3, 0.4) is 0 Å². The molecule has 0 bridgehead atoms. The molecule has 94 valence electrons. The first-order valence-corrected chi connectivity index (χ1v) is 6.35. The van der Waals surface area contributed by atoms with Gasteiger partial charge in [0, 0.05) is 12.5 Å². The van der Waals surface area contributed by atoms with Crippen LogP contribution in [-0.4, -0.2) is 20.9 Å². The van der Waals surface area contributed by atoms with Crippen molar-refractivity contribution in [3.63, 3.8) is 0 Å². The second kappa shape index (κ2) is 5.74. The molecule has 1 rings (SSSR count). The highest BCUT2D eigenvalue weighted by atomic mass is 32.2. The van der Waals surface area contributed by atoms with Crippen LogP contribution in [0.15, 0.2) is 29.2 Å². The smallest absolute Gasteiger partial charge is 0.240 e. The van der Waals surface area contributed by atoms with E-state index >= 15 is 0 Å². The molecule has 0 fully saturated rings. The average Bonchev–Trinajstić information content (AvgIpc) is 2.25. The van der Waals surface area contributed by atoms with Crippen molar-refractivity contribution in [2.75, 3.05) is 6.54 Å². The van der Waals surface area contributed by atoms with E-state index in [-0.39, 0.29) is 24.3 Å². The van der Waals surface area contributed by atoms with Gasteiger partial charge in [0.2, 0.25) is 10.0 Å². The van der Waals surface area contributed by atoms with Gasteiger partial charge in [0.1, 0.15) is 5.82 Å². The monoisotopic (exact) mass is 260 g/mol. The molecular formula is C10H11FNO4S-. The highest BCUT2D eigenvalue weighted by molar-refractivity contribution is 7.89. The maximum Gasteiger partial charge on any atom is 0.240 e. The predicted octanol–water partition coefficient (Wildman–Crippen LogP) is -0.366. The first-order valence-electron chi connectivity index (χ1n) is 4.87. The molecule has 0 aliphatic rings. The van der Waals surface area contributed by atoms with Gasteiger partial charge in [-0.25, -0.2) is 17.5 Å². The molecule has 7 heteroatoms. The molecule has 0 radical (unpaired) electrons. The number of carbonyl (C=O) groups excluding carboxylic acids is 1. The van der Waals surface area contributed by atoms with Gasteiger partial charge < -0.3 is 9.90 Å². The van der Waals surface area contributed by atoms with Crippen LogP contribution in [0.1, 0.15) is 12.8 Å². The van der Waals surface area contributed by atoms with Gasteiger partial charge in [-0.05, 0) is 37.1 Å². The number of carbonyl (C=O) groups is 1. The number of aliphatic carboxylic acids is 1. The van der Waals surface area contributed by atoms with Crippen LogP contribution in [0.4, 0.5) is 4.39 Å². The number of rotatable bonds is 6. The van der Waals surface area contributed by atoms with Gasteiger partial charge in [-0.15, -0.1) is 0 Å². The van der Waals surface area contributed by atoms with E-state index in [1.807, 2.05) is 0 Å². The average molecular weight is 260 g/mol. The number of sulfonamides is 1. The lowest BCUT2D eigenvalue weighted by Crippen LogP contribution is -2.27. The highest BCUT2D eigenvalue weighted by Gasteiger charge is 2.12. The first-order chi connectivity index (χ1) is 7.92. The second-order valence-corrected chi connectivity index (χ2v) is 5.09. The third-order valence-electron chi connectivity index (χ3n) is 1.97. The number of hydrogen-bond acceptors (Lipinski definition) is 4. The Balaban J connectivity index is 2.57. The van der Waals surface area contributed by atoms with Gasteiger partial charge in [0.25, 0.3) is 0 Å². The molecule has 0 aliphatic carbocycles. The minimum absolute atomic E-state index is 0.00626. The lowest BCUT2D eigenvalue weighted by atomic mass is 10.3. The second-order valence-electron chi connectivity index (χ2n) is 3.33. The van der Waals surface area contributed by atoms with E-state index in [0.717, 1.165) is 24.3 Å². The lowest BCUT2D eigenvalue weighted by molar-refractivity contribution is -0.305. The van der Waals surface area contributed by atoms with Crippen LogP contribution >= 0.6 is 0 Å². The van der Waals surface area contributed by atoms with Crippen LogP contribution in [0.2, 0.25) is 0 Å². The number of carboxylic acid groups (broad SMARTS) is 1. The summed E-state index contributed by atoms with van der Waals surface area (Å²) in [7, 11) is -3.70. The minimum atomic E-state index is -3.70. The van der Waals surface area contributed by atoms with Crippen molar-refractivity contribution in [3.8, 4) is 0 Å². The molecule has 0 aliphatic heterocycles. The third kappa shape index (κ3) is 4.49. The molecule has 1 aromatic rings. The highest BCUT2D eigenvalue weighted by Crippen LogP contribution is 2.09. The number of benzene rings is 1. The molecule has 0 unspecified atom stereocenters. The summed E-state index contributed by atoms with van der Waals surface area (Å²) >= 11 is 0. The molecule has 0 amide bonds. The van der Waals surface area contributed by atoms with E-state index in [4.69, 9.17) is 0 Å². The number of nitrogens with one attached hydrogen (secondary N) is 1. The fourth-order valence-corrected chi connectivity index (χ4v) is 2.21. The summed E-state index contributed by atoms with van der Waals surface area (Å²) in [6.07, 6.45) is -0.0747. The summed E-state index contributed by atoms with van der Waals surface area (Å²) in [6.45, 7) is -0.00626. The van der Waals surface area contributed by atoms with Crippen LogP contribution in [0.5, 0.6) is 0 Å². The molecule has 0 saturated heterocycles. The Morgan fingerprint density at radius 2 is 1.88 bits per heavy atom. The van der Waals surface area contributed by atoms with Gasteiger partial charge in [-0.2, -0.15) is 0 Å². The van der Waals surface area contributed by atoms with Crippen molar-refractivity contribution in [2.24, 2.45) is 0 Å². The van der Waals surface area contributed by atoms with Crippen molar-refractivity contribution in [3.05, 3.63) is 30.1 Å². The van der Waals surface area contributed by atoms with Crippen LogP contribution in [0, 0.1) is 5.82 Å². The standard InChI is InChI=1S/C10H12FNO4S/c11-8-3-5-9(6-4-8)17(15,16)12-7-1-2-10(13)14/h3-6,12H,1-2,7H2,(H,13,14)/p-1. The first kappa shape index (κ1) is 13.6. The van der Waals surface area contributed by atoms with Crippen LogP contribution in [0.25, 0.3) is 0 Å². The van der Waals surface area contributed by atoms with Crippen LogP contribution < -0.4 is 9.83 Å². The van der Waals surface area contributed by atoms with Gasteiger partial charge >= 0.3 is 0 Å². The molecular weight excluding hydrogens is 249 g/mol. The largest absolute Gasteiger partial charge is 0.550 e. The van der Waals surface area contributed by atoms with E-state index < -0.39 is 21.8 Å². The van der Waals surface area contributed by atoms with Crippen molar-refractivity contribution < 1.29 is 22.7 Å².